The Morgan fingerprint density at radius 3 is 2.56 bits per heavy atom. The Bertz CT molecular complexity index is 492. The van der Waals surface area contributed by atoms with Gasteiger partial charge in [-0.2, -0.15) is 5.10 Å². The molecule has 0 atom stereocenters. The molecule has 0 amide bonds. The van der Waals surface area contributed by atoms with E-state index in [1.807, 2.05) is 17.8 Å². The highest BCUT2D eigenvalue weighted by Crippen LogP contribution is 2.14. The zero-order valence-electron chi connectivity index (χ0n) is 9.99. The average Bonchev–Trinajstić information content (AvgIpc) is 2.52. The lowest BCUT2D eigenvalue weighted by atomic mass is 10.1. The van der Waals surface area contributed by atoms with Crippen molar-refractivity contribution in [2.75, 3.05) is 5.73 Å². The van der Waals surface area contributed by atoms with Crippen LogP contribution in [0, 0.1) is 20.8 Å². The summed E-state index contributed by atoms with van der Waals surface area (Å²) >= 11 is 0. The number of hydrogen-bond acceptors (Lipinski definition) is 2. The van der Waals surface area contributed by atoms with Crippen molar-refractivity contribution in [2.45, 2.75) is 27.3 Å². The van der Waals surface area contributed by atoms with Crippen LogP contribution in [0.2, 0.25) is 0 Å². The van der Waals surface area contributed by atoms with Gasteiger partial charge in [0.1, 0.15) is 5.82 Å². The fourth-order valence-corrected chi connectivity index (χ4v) is 1.76. The number of nitrogens with zero attached hydrogens (tertiary/aromatic N) is 2. The minimum Gasteiger partial charge on any atom is -0.382 e. The number of aromatic nitrogens is 2. The molecule has 3 nitrogen and oxygen atoms in total. The van der Waals surface area contributed by atoms with Crippen molar-refractivity contribution in [3.63, 3.8) is 0 Å². The second-order valence-corrected chi connectivity index (χ2v) is 4.32. The van der Waals surface area contributed by atoms with Gasteiger partial charge in [-0.15, -0.1) is 0 Å². The van der Waals surface area contributed by atoms with E-state index >= 15 is 0 Å². The highest BCUT2D eigenvalue weighted by atomic mass is 15.3. The third-order valence-electron chi connectivity index (χ3n) is 2.82. The van der Waals surface area contributed by atoms with Crippen molar-refractivity contribution in [3.8, 4) is 0 Å². The van der Waals surface area contributed by atoms with Gasteiger partial charge in [0.25, 0.3) is 0 Å². The van der Waals surface area contributed by atoms with Crippen LogP contribution in [0.1, 0.15) is 22.3 Å². The van der Waals surface area contributed by atoms with E-state index in [9.17, 15) is 0 Å². The number of anilines is 1. The summed E-state index contributed by atoms with van der Waals surface area (Å²) in [4.78, 5) is 0. The monoisotopic (exact) mass is 215 g/mol. The van der Waals surface area contributed by atoms with Gasteiger partial charge in [0.05, 0.1) is 6.54 Å². The van der Waals surface area contributed by atoms with Crippen molar-refractivity contribution < 1.29 is 0 Å². The number of rotatable bonds is 2. The van der Waals surface area contributed by atoms with E-state index in [0.29, 0.717) is 5.82 Å². The number of aryl methyl sites for hydroxylation is 3. The lowest BCUT2D eigenvalue weighted by Gasteiger charge is -2.07. The van der Waals surface area contributed by atoms with E-state index in [4.69, 9.17) is 5.73 Å². The molecule has 16 heavy (non-hydrogen) atoms. The van der Waals surface area contributed by atoms with Crippen LogP contribution in [0.15, 0.2) is 24.4 Å². The Hall–Kier alpha value is -1.77. The van der Waals surface area contributed by atoms with Crippen LogP contribution in [-0.2, 0) is 6.54 Å². The molecule has 0 saturated carbocycles. The molecule has 0 aliphatic rings. The summed E-state index contributed by atoms with van der Waals surface area (Å²) in [6.45, 7) is 6.98. The van der Waals surface area contributed by atoms with E-state index in [1.165, 1.54) is 16.7 Å². The third-order valence-corrected chi connectivity index (χ3v) is 2.82. The maximum Gasteiger partial charge on any atom is 0.148 e. The molecule has 0 aliphatic carbocycles. The molecule has 1 heterocycles. The lowest BCUT2D eigenvalue weighted by Crippen LogP contribution is -2.03. The van der Waals surface area contributed by atoms with Crippen LogP contribution >= 0.6 is 0 Å². The summed E-state index contributed by atoms with van der Waals surface area (Å²) < 4.78 is 1.90. The molecular weight excluding hydrogens is 198 g/mol. The molecule has 2 aromatic rings. The SMILES string of the molecule is Cc1ccc(C)c(Cn2cc(C)c(N)n2)c1. The molecule has 2 N–H and O–H groups in total. The molecule has 0 unspecified atom stereocenters. The van der Waals surface area contributed by atoms with Gasteiger partial charge in [-0.1, -0.05) is 23.8 Å². The Kier molecular flexibility index (Phi) is 2.69. The second-order valence-electron chi connectivity index (χ2n) is 4.32. The van der Waals surface area contributed by atoms with Gasteiger partial charge in [-0.05, 0) is 31.9 Å². The van der Waals surface area contributed by atoms with Crippen molar-refractivity contribution in [2.24, 2.45) is 0 Å². The van der Waals surface area contributed by atoms with Crippen molar-refractivity contribution in [1.29, 1.82) is 0 Å². The van der Waals surface area contributed by atoms with Gasteiger partial charge in [-0.3, -0.25) is 4.68 Å². The first kappa shape index (κ1) is 10.7. The largest absolute Gasteiger partial charge is 0.382 e. The quantitative estimate of drug-likeness (QED) is 0.836. The Morgan fingerprint density at radius 1 is 1.19 bits per heavy atom. The Morgan fingerprint density at radius 2 is 1.94 bits per heavy atom. The number of benzene rings is 1. The second kappa shape index (κ2) is 4.00. The summed E-state index contributed by atoms with van der Waals surface area (Å²) in [6, 6.07) is 6.47. The highest BCUT2D eigenvalue weighted by molar-refractivity contribution is 5.36. The Balaban J connectivity index is 2.29. The predicted molar refractivity (Wildman–Crippen MR) is 66.4 cm³/mol. The highest BCUT2D eigenvalue weighted by Gasteiger charge is 2.03. The van der Waals surface area contributed by atoms with Gasteiger partial charge in [0, 0.05) is 11.8 Å². The first-order valence-electron chi connectivity index (χ1n) is 5.42. The molecule has 1 aromatic carbocycles. The maximum atomic E-state index is 5.73. The third kappa shape index (κ3) is 2.08. The van der Waals surface area contributed by atoms with E-state index in [0.717, 1.165) is 12.1 Å². The molecule has 0 aliphatic heterocycles. The molecule has 84 valence electrons. The molecule has 0 radical (unpaired) electrons. The van der Waals surface area contributed by atoms with E-state index in [-0.39, 0.29) is 0 Å². The standard InChI is InChI=1S/C13H17N3/c1-9-4-5-10(2)12(6-9)8-16-7-11(3)13(14)15-16/h4-7H,8H2,1-3H3,(H2,14,15). The molecular formula is C13H17N3. The molecule has 0 saturated heterocycles. The first-order chi connectivity index (χ1) is 7.56. The predicted octanol–water partition coefficient (Wildman–Crippen LogP) is 2.44. The topological polar surface area (TPSA) is 43.8 Å². The molecule has 0 fully saturated rings. The fourth-order valence-electron chi connectivity index (χ4n) is 1.76. The molecule has 1 aromatic heterocycles. The van der Waals surface area contributed by atoms with Crippen molar-refractivity contribution >= 4 is 5.82 Å². The fraction of sp³-hybridized carbons (Fsp3) is 0.308. The maximum absolute atomic E-state index is 5.73. The zero-order chi connectivity index (χ0) is 11.7. The van der Waals surface area contributed by atoms with Gasteiger partial charge >= 0.3 is 0 Å². The van der Waals surface area contributed by atoms with E-state index in [2.05, 4.69) is 37.1 Å². The summed E-state index contributed by atoms with van der Waals surface area (Å²) in [6.07, 6.45) is 1.98. The summed E-state index contributed by atoms with van der Waals surface area (Å²) in [5.41, 5.74) is 10.6. The van der Waals surface area contributed by atoms with Gasteiger partial charge in [-0.25, -0.2) is 0 Å². The van der Waals surface area contributed by atoms with Crippen LogP contribution < -0.4 is 5.73 Å². The minimum atomic E-state index is 0.616. The lowest BCUT2D eigenvalue weighted by molar-refractivity contribution is 0.686. The van der Waals surface area contributed by atoms with E-state index < -0.39 is 0 Å². The van der Waals surface area contributed by atoms with E-state index in [1.54, 1.807) is 0 Å². The van der Waals surface area contributed by atoms with Crippen LogP contribution in [0.3, 0.4) is 0 Å². The van der Waals surface area contributed by atoms with Gasteiger partial charge in [0.2, 0.25) is 0 Å². The van der Waals surface area contributed by atoms with Gasteiger partial charge in [0.15, 0.2) is 0 Å². The van der Waals surface area contributed by atoms with Crippen LogP contribution in [0.4, 0.5) is 5.82 Å². The Labute approximate surface area is 95.9 Å². The molecule has 3 heteroatoms. The van der Waals surface area contributed by atoms with Crippen molar-refractivity contribution in [1.82, 2.24) is 9.78 Å². The number of nitrogens with two attached hydrogens (primary N) is 1. The molecule has 0 bridgehead atoms. The smallest absolute Gasteiger partial charge is 0.148 e. The average molecular weight is 215 g/mol. The molecule has 0 spiro atoms. The summed E-state index contributed by atoms with van der Waals surface area (Å²) in [5, 5.41) is 4.27. The first-order valence-corrected chi connectivity index (χ1v) is 5.42. The van der Waals surface area contributed by atoms with Crippen LogP contribution in [-0.4, -0.2) is 9.78 Å². The normalized spacial score (nSPS) is 10.7. The van der Waals surface area contributed by atoms with Crippen LogP contribution in [0.5, 0.6) is 0 Å². The van der Waals surface area contributed by atoms with Crippen molar-refractivity contribution in [3.05, 3.63) is 46.6 Å². The summed E-state index contributed by atoms with van der Waals surface area (Å²) in [5.74, 6) is 0.616. The molecule has 2 rings (SSSR count). The van der Waals surface area contributed by atoms with Crippen LogP contribution in [0.25, 0.3) is 0 Å². The zero-order valence-corrected chi connectivity index (χ0v) is 9.99. The summed E-state index contributed by atoms with van der Waals surface area (Å²) in [7, 11) is 0. The van der Waals surface area contributed by atoms with Gasteiger partial charge < -0.3 is 5.73 Å². The number of nitrogen functional groups attached to an aromatic ring is 1. The number of hydrogen-bond donors (Lipinski definition) is 1. The minimum absolute atomic E-state index is 0.616.